The molecular formula is C22H16N2O3. The van der Waals surface area contributed by atoms with E-state index in [4.69, 9.17) is 0 Å². The van der Waals surface area contributed by atoms with E-state index in [1.165, 1.54) is 6.07 Å². The maximum Gasteiger partial charge on any atom is 0.278 e. The van der Waals surface area contributed by atoms with Crippen molar-refractivity contribution in [3.05, 3.63) is 94.0 Å². The van der Waals surface area contributed by atoms with Crippen LogP contribution >= 0.6 is 0 Å². The Hall–Kier alpha value is -3.86. The van der Waals surface area contributed by atoms with E-state index in [1.807, 2.05) is 66.7 Å². The van der Waals surface area contributed by atoms with Crippen molar-refractivity contribution in [2.24, 2.45) is 0 Å². The fraction of sp³-hybridized carbons (Fsp3) is 0. The first-order valence-electron chi connectivity index (χ1n) is 8.45. The van der Waals surface area contributed by atoms with Gasteiger partial charge in [-0.15, -0.1) is 0 Å². The van der Waals surface area contributed by atoms with Crippen LogP contribution in [-0.4, -0.2) is 15.0 Å². The van der Waals surface area contributed by atoms with Crippen molar-refractivity contribution >= 4 is 28.7 Å². The molecule has 2 N–H and O–H groups in total. The lowest BCUT2D eigenvalue weighted by molar-refractivity contribution is -0.384. The van der Waals surface area contributed by atoms with Gasteiger partial charge in [-0.05, 0) is 17.7 Å². The number of nitrogens with zero attached hydrogens (tertiary/aromatic N) is 1. The molecule has 5 nitrogen and oxygen atoms in total. The van der Waals surface area contributed by atoms with E-state index in [1.54, 1.807) is 12.1 Å². The number of aromatic nitrogens is 1. The van der Waals surface area contributed by atoms with Crippen LogP contribution in [-0.2, 0) is 0 Å². The topological polar surface area (TPSA) is 79.2 Å². The maximum atomic E-state index is 11.5. The van der Waals surface area contributed by atoms with Gasteiger partial charge >= 0.3 is 0 Å². The summed E-state index contributed by atoms with van der Waals surface area (Å²) in [6.07, 6.45) is 3.51. The monoisotopic (exact) mass is 356 g/mol. The molecule has 0 aliphatic heterocycles. The molecule has 0 amide bonds. The molecule has 132 valence electrons. The van der Waals surface area contributed by atoms with Crippen LogP contribution in [0.15, 0.2) is 72.8 Å². The Labute approximate surface area is 155 Å². The van der Waals surface area contributed by atoms with Gasteiger partial charge in [-0.1, -0.05) is 66.7 Å². The van der Waals surface area contributed by atoms with Gasteiger partial charge in [0.25, 0.3) is 5.69 Å². The van der Waals surface area contributed by atoms with Gasteiger partial charge in [0.2, 0.25) is 0 Å². The largest absolute Gasteiger partial charge is 0.505 e. The molecule has 0 saturated carbocycles. The number of nitrogens with one attached hydrogen (secondary N) is 1. The number of nitro groups is 1. The lowest BCUT2D eigenvalue weighted by Crippen LogP contribution is -1.91. The van der Waals surface area contributed by atoms with Crippen molar-refractivity contribution in [1.82, 2.24) is 4.98 Å². The van der Waals surface area contributed by atoms with Crippen molar-refractivity contribution < 1.29 is 10.0 Å². The van der Waals surface area contributed by atoms with Gasteiger partial charge in [0.1, 0.15) is 5.75 Å². The summed E-state index contributed by atoms with van der Waals surface area (Å²) in [6.45, 7) is 0. The standard InChI is InChI=1S/C22H16N2O3/c25-22-18-13-17(12-11-15-7-3-1-4-8-15)20(24(26)27)14-19(18)23-21(22)16-9-5-2-6-10-16/h1-14,23,25H. The Bertz CT molecular complexity index is 1150. The third-order valence-electron chi connectivity index (χ3n) is 4.43. The average Bonchev–Trinajstić information content (AvgIpc) is 3.03. The highest BCUT2D eigenvalue weighted by Gasteiger charge is 2.19. The summed E-state index contributed by atoms with van der Waals surface area (Å²) in [4.78, 5) is 14.2. The number of hydrogen-bond acceptors (Lipinski definition) is 3. The summed E-state index contributed by atoms with van der Waals surface area (Å²) in [5, 5.41) is 22.7. The van der Waals surface area contributed by atoms with E-state index >= 15 is 0 Å². The number of benzene rings is 3. The van der Waals surface area contributed by atoms with E-state index in [2.05, 4.69) is 4.98 Å². The fourth-order valence-electron chi connectivity index (χ4n) is 3.09. The second-order valence-electron chi connectivity index (χ2n) is 6.17. The van der Waals surface area contributed by atoms with Gasteiger partial charge in [-0.2, -0.15) is 0 Å². The SMILES string of the molecule is O=[N+]([O-])c1cc2[nH]c(-c3ccccc3)c(O)c2cc1C=Cc1ccccc1. The smallest absolute Gasteiger partial charge is 0.278 e. The molecule has 0 atom stereocenters. The minimum absolute atomic E-state index is 0.0180. The normalized spacial score (nSPS) is 11.3. The van der Waals surface area contributed by atoms with Crippen molar-refractivity contribution in [1.29, 1.82) is 0 Å². The molecule has 27 heavy (non-hydrogen) atoms. The number of H-pyrrole nitrogens is 1. The highest BCUT2D eigenvalue weighted by molar-refractivity contribution is 5.97. The number of aromatic amines is 1. The molecule has 0 fully saturated rings. The quantitative estimate of drug-likeness (QED) is 0.283. The molecule has 1 heterocycles. The number of rotatable bonds is 4. The summed E-state index contributed by atoms with van der Waals surface area (Å²) in [6, 6.07) is 22.0. The number of aromatic hydroxyl groups is 1. The van der Waals surface area contributed by atoms with Gasteiger partial charge < -0.3 is 10.1 Å². The first kappa shape index (κ1) is 16.6. The summed E-state index contributed by atoms with van der Waals surface area (Å²) < 4.78 is 0. The summed E-state index contributed by atoms with van der Waals surface area (Å²) in [5.41, 5.74) is 3.24. The van der Waals surface area contributed by atoms with Crippen LogP contribution in [0, 0.1) is 10.1 Å². The summed E-state index contributed by atoms with van der Waals surface area (Å²) in [5.74, 6) is 0.0838. The molecule has 4 aromatic rings. The number of hydrogen-bond donors (Lipinski definition) is 2. The maximum absolute atomic E-state index is 11.5. The van der Waals surface area contributed by atoms with Gasteiger partial charge in [0, 0.05) is 17.0 Å². The minimum atomic E-state index is -0.413. The van der Waals surface area contributed by atoms with Crippen LogP contribution in [0.4, 0.5) is 5.69 Å². The zero-order valence-electron chi connectivity index (χ0n) is 14.3. The molecule has 0 spiro atoms. The molecule has 4 rings (SSSR count). The van der Waals surface area contributed by atoms with Crippen molar-refractivity contribution in [3.8, 4) is 17.0 Å². The lowest BCUT2D eigenvalue weighted by Gasteiger charge is -2.00. The van der Waals surface area contributed by atoms with E-state index in [9.17, 15) is 15.2 Å². The average molecular weight is 356 g/mol. The van der Waals surface area contributed by atoms with Crippen LogP contribution < -0.4 is 0 Å². The molecule has 0 aliphatic carbocycles. The van der Waals surface area contributed by atoms with Gasteiger partial charge in [-0.3, -0.25) is 10.1 Å². The van der Waals surface area contributed by atoms with Crippen LogP contribution in [0.25, 0.3) is 34.3 Å². The Morgan fingerprint density at radius 2 is 1.59 bits per heavy atom. The van der Waals surface area contributed by atoms with Crippen molar-refractivity contribution in [2.75, 3.05) is 0 Å². The molecule has 0 unspecified atom stereocenters. The molecule has 1 aromatic heterocycles. The molecule has 3 aromatic carbocycles. The first-order valence-corrected chi connectivity index (χ1v) is 8.45. The van der Waals surface area contributed by atoms with Gasteiger partial charge in [0.05, 0.1) is 21.7 Å². The van der Waals surface area contributed by atoms with Gasteiger partial charge in [0.15, 0.2) is 0 Å². The first-order chi connectivity index (χ1) is 13.1. The third-order valence-corrected chi connectivity index (χ3v) is 4.43. The predicted molar refractivity (Wildman–Crippen MR) is 107 cm³/mol. The molecule has 5 heteroatoms. The van der Waals surface area contributed by atoms with E-state index in [0.717, 1.165) is 11.1 Å². The highest BCUT2D eigenvalue weighted by atomic mass is 16.6. The van der Waals surface area contributed by atoms with E-state index in [0.29, 0.717) is 22.2 Å². The van der Waals surface area contributed by atoms with Crippen LogP contribution in [0.5, 0.6) is 5.75 Å². The molecule has 0 saturated heterocycles. The van der Waals surface area contributed by atoms with Crippen LogP contribution in [0.1, 0.15) is 11.1 Å². The summed E-state index contributed by atoms with van der Waals surface area (Å²) in [7, 11) is 0. The van der Waals surface area contributed by atoms with Crippen LogP contribution in [0.2, 0.25) is 0 Å². The predicted octanol–water partition coefficient (Wildman–Crippen LogP) is 5.62. The highest BCUT2D eigenvalue weighted by Crippen LogP contribution is 2.39. The minimum Gasteiger partial charge on any atom is -0.505 e. The zero-order chi connectivity index (χ0) is 18.8. The van der Waals surface area contributed by atoms with E-state index in [-0.39, 0.29) is 11.4 Å². The second kappa shape index (κ2) is 6.80. The number of fused-ring (bicyclic) bond motifs is 1. The third kappa shape index (κ3) is 3.18. The zero-order valence-corrected chi connectivity index (χ0v) is 14.3. The molecule has 0 aliphatic rings. The summed E-state index contributed by atoms with van der Waals surface area (Å²) >= 11 is 0. The second-order valence-corrected chi connectivity index (χ2v) is 6.17. The van der Waals surface area contributed by atoms with E-state index < -0.39 is 4.92 Å². The fourth-order valence-corrected chi connectivity index (χ4v) is 3.09. The molecular weight excluding hydrogens is 340 g/mol. The molecule has 0 bridgehead atoms. The Morgan fingerprint density at radius 1 is 0.926 bits per heavy atom. The Kier molecular flexibility index (Phi) is 4.18. The van der Waals surface area contributed by atoms with Crippen molar-refractivity contribution in [2.45, 2.75) is 0 Å². The Balaban J connectivity index is 1.86. The Morgan fingerprint density at radius 3 is 2.26 bits per heavy atom. The van der Waals surface area contributed by atoms with Crippen molar-refractivity contribution in [3.63, 3.8) is 0 Å². The van der Waals surface area contributed by atoms with Crippen LogP contribution in [0.3, 0.4) is 0 Å². The molecule has 0 radical (unpaired) electrons. The number of nitro benzene ring substituents is 1. The van der Waals surface area contributed by atoms with Gasteiger partial charge in [-0.25, -0.2) is 0 Å². The lowest BCUT2D eigenvalue weighted by atomic mass is 10.1.